The molecule has 2 heterocycles. The number of thioether (sulfide) groups is 1. The fraction of sp³-hybridized carbons (Fsp3) is 0.455. The molecule has 2 aromatic carbocycles. The molecule has 4 rings (SSSR count). The Labute approximate surface area is 258 Å². The monoisotopic (exact) mass is 606 g/mol. The van der Waals surface area contributed by atoms with E-state index in [-0.39, 0.29) is 11.4 Å². The number of aliphatic imine (C=N–C) groups is 1. The standard InChI is InChI=1S/C33H42N4O5S/c1-5-7-8-9-10-11-30-36-37-31(34)27(32(38)35-33(37)43-30)21-25-13-15-28(29(22-25)40-6-2)42-19-17-39-16-18-41-26-14-12-23(3)24(4)20-26/h12-15,20-22,34H,5-11,16-19H2,1-4H3/b27-21-,34-31?. The highest BCUT2D eigenvalue weighted by molar-refractivity contribution is 8.26. The molecule has 1 N–H and O–H groups in total. The third kappa shape index (κ3) is 9.18. The van der Waals surface area contributed by atoms with Crippen LogP contribution in [0.5, 0.6) is 17.2 Å². The lowest BCUT2D eigenvalue weighted by molar-refractivity contribution is -0.114. The predicted molar refractivity (Wildman–Crippen MR) is 174 cm³/mol. The number of amidine groups is 2. The number of carbonyl (C=O) groups is 1. The number of hydrazone groups is 1. The highest BCUT2D eigenvalue weighted by Gasteiger charge is 2.35. The van der Waals surface area contributed by atoms with Crippen LogP contribution in [0, 0.1) is 19.3 Å². The van der Waals surface area contributed by atoms with Gasteiger partial charge in [-0.05, 0) is 92.4 Å². The van der Waals surface area contributed by atoms with Gasteiger partial charge >= 0.3 is 0 Å². The van der Waals surface area contributed by atoms with Crippen LogP contribution in [0.15, 0.2) is 52.1 Å². The van der Waals surface area contributed by atoms with Gasteiger partial charge in [0.1, 0.15) is 24.0 Å². The van der Waals surface area contributed by atoms with E-state index in [4.69, 9.17) is 24.4 Å². The highest BCUT2D eigenvalue weighted by atomic mass is 32.2. The molecule has 0 atom stereocenters. The van der Waals surface area contributed by atoms with Gasteiger partial charge in [0.15, 0.2) is 17.3 Å². The molecule has 43 heavy (non-hydrogen) atoms. The van der Waals surface area contributed by atoms with Crippen molar-refractivity contribution in [3.05, 3.63) is 58.7 Å². The molecule has 230 valence electrons. The van der Waals surface area contributed by atoms with Crippen molar-refractivity contribution in [2.24, 2.45) is 10.1 Å². The summed E-state index contributed by atoms with van der Waals surface area (Å²) in [6.45, 7) is 10.3. The molecule has 0 spiro atoms. The van der Waals surface area contributed by atoms with Crippen molar-refractivity contribution in [1.82, 2.24) is 5.01 Å². The first-order valence-corrected chi connectivity index (χ1v) is 15.9. The first-order chi connectivity index (χ1) is 20.9. The Kier molecular flexibility index (Phi) is 12.2. The quantitative estimate of drug-likeness (QED) is 0.150. The molecular formula is C33H42N4O5S. The van der Waals surface area contributed by atoms with Gasteiger partial charge in [-0.15, -0.1) is 0 Å². The molecule has 0 aromatic heterocycles. The van der Waals surface area contributed by atoms with Crippen molar-refractivity contribution in [3.8, 4) is 17.2 Å². The van der Waals surface area contributed by atoms with E-state index < -0.39 is 5.91 Å². The van der Waals surface area contributed by atoms with Crippen molar-refractivity contribution in [3.63, 3.8) is 0 Å². The maximum Gasteiger partial charge on any atom is 0.283 e. The number of rotatable bonds is 17. The topological polar surface area (TPSA) is 106 Å². The molecule has 1 amide bonds. The molecule has 0 radical (unpaired) electrons. The number of carbonyl (C=O) groups excluding carboxylic acids is 1. The second-order valence-corrected chi connectivity index (χ2v) is 11.4. The maximum atomic E-state index is 12.9. The summed E-state index contributed by atoms with van der Waals surface area (Å²) in [7, 11) is 0. The minimum atomic E-state index is -0.444. The number of unbranched alkanes of at least 4 members (excludes halogenated alkanes) is 4. The second kappa shape index (κ2) is 16.3. The van der Waals surface area contributed by atoms with Gasteiger partial charge in [-0.3, -0.25) is 10.2 Å². The fourth-order valence-electron chi connectivity index (χ4n) is 4.52. The first kappa shape index (κ1) is 32.3. The van der Waals surface area contributed by atoms with Crippen molar-refractivity contribution in [2.75, 3.05) is 33.0 Å². The largest absolute Gasteiger partial charge is 0.491 e. The third-order valence-corrected chi connectivity index (χ3v) is 8.00. The average Bonchev–Trinajstić information content (AvgIpc) is 3.40. The molecule has 2 aromatic rings. The minimum absolute atomic E-state index is 0.0282. The summed E-state index contributed by atoms with van der Waals surface area (Å²) in [5.41, 5.74) is 3.32. The second-order valence-electron chi connectivity index (χ2n) is 10.4. The molecular weight excluding hydrogens is 564 g/mol. The van der Waals surface area contributed by atoms with Crippen LogP contribution in [0.4, 0.5) is 0 Å². The number of benzene rings is 2. The van der Waals surface area contributed by atoms with Crippen LogP contribution in [0.2, 0.25) is 0 Å². The van der Waals surface area contributed by atoms with Gasteiger partial charge in [-0.1, -0.05) is 44.7 Å². The number of hydrogen-bond donors (Lipinski definition) is 1. The van der Waals surface area contributed by atoms with E-state index in [1.807, 2.05) is 31.2 Å². The summed E-state index contributed by atoms with van der Waals surface area (Å²) in [5, 5.41) is 16.1. The Bertz CT molecular complexity index is 1390. The van der Waals surface area contributed by atoms with Crippen LogP contribution in [-0.2, 0) is 9.53 Å². The highest BCUT2D eigenvalue weighted by Crippen LogP contribution is 2.32. The zero-order chi connectivity index (χ0) is 30.6. The maximum absolute atomic E-state index is 12.9. The normalized spacial score (nSPS) is 15.4. The van der Waals surface area contributed by atoms with Gasteiger partial charge in [-0.2, -0.15) is 15.1 Å². The van der Waals surface area contributed by atoms with E-state index in [0.29, 0.717) is 55.3 Å². The van der Waals surface area contributed by atoms with Gasteiger partial charge in [0.25, 0.3) is 5.91 Å². The van der Waals surface area contributed by atoms with Crippen LogP contribution in [-0.4, -0.2) is 60.0 Å². The van der Waals surface area contributed by atoms with Crippen LogP contribution in [0.3, 0.4) is 0 Å². The van der Waals surface area contributed by atoms with Crippen LogP contribution in [0.25, 0.3) is 6.08 Å². The molecule has 2 aliphatic rings. The van der Waals surface area contributed by atoms with Crippen LogP contribution in [0.1, 0.15) is 69.1 Å². The predicted octanol–water partition coefficient (Wildman–Crippen LogP) is 7.16. The lowest BCUT2D eigenvalue weighted by Crippen LogP contribution is -2.35. The molecule has 0 bridgehead atoms. The molecule has 0 saturated carbocycles. The average molecular weight is 607 g/mol. The summed E-state index contributed by atoms with van der Waals surface area (Å²) < 4.78 is 23.2. The van der Waals surface area contributed by atoms with E-state index >= 15 is 0 Å². The van der Waals surface area contributed by atoms with Crippen molar-refractivity contribution in [2.45, 2.75) is 66.2 Å². The number of amides is 1. The Morgan fingerprint density at radius 2 is 1.67 bits per heavy atom. The van der Waals surface area contributed by atoms with Gasteiger partial charge < -0.3 is 18.9 Å². The van der Waals surface area contributed by atoms with Gasteiger partial charge in [0.2, 0.25) is 5.17 Å². The molecule has 9 nitrogen and oxygen atoms in total. The fourth-order valence-corrected chi connectivity index (χ4v) is 5.44. The first-order valence-electron chi connectivity index (χ1n) is 15.1. The van der Waals surface area contributed by atoms with E-state index in [1.165, 1.54) is 47.2 Å². The van der Waals surface area contributed by atoms with Gasteiger partial charge in [-0.25, -0.2) is 0 Å². The zero-order valence-corrected chi connectivity index (χ0v) is 26.4. The molecule has 0 fully saturated rings. The summed E-state index contributed by atoms with van der Waals surface area (Å²) in [6.07, 6.45) is 8.33. The molecule has 0 saturated heterocycles. The Hall–Kier alpha value is -3.63. The van der Waals surface area contributed by atoms with E-state index in [1.54, 1.807) is 18.2 Å². The smallest absolute Gasteiger partial charge is 0.283 e. The van der Waals surface area contributed by atoms with E-state index in [0.717, 1.165) is 30.1 Å². The summed E-state index contributed by atoms with van der Waals surface area (Å²) in [5.74, 6) is 1.55. The van der Waals surface area contributed by atoms with Gasteiger partial charge in [0, 0.05) is 0 Å². The molecule has 0 unspecified atom stereocenters. The van der Waals surface area contributed by atoms with E-state index in [2.05, 4.69) is 30.9 Å². The molecule has 10 heteroatoms. The lowest BCUT2D eigenvalue weighted by Gasteiger charge is -2.20. The third-order valence-electron chi connectivity index (χ3n) is 7.03. The number of ether oxygens (including phenoxy) is 4. The van der Waals surface area contributed by atoms with Crippen molar-refractivity contribution < 1.29 is 23.7 Å². The number of nitrogens with one attached hydrogen (secondary N) is 1. The summed E-state index contributed by atoms with van der Waals surface area (Å²) in [4.78, 5) is 17.1. The van der Waals surface area contributed by atoms with Crippen LogP contribution >= 0.6 is 11.8 Å². The zero-order valence-electron chi connectivity index (χ0n) is 25.6. The number of nitrogens with zero attached hydrogens (tertiary/aromatic N) is 3. The Morgan fingerprint density at radius 1 is 0.884 bits per heavy atom. The number of aryl methyl sites for hydroxylation is 2. The number of hydrogen-bond acceptors (Lipinski definition) is 8. The Balaban J connectivity index is 1.29. The van der Waals surface area contributed by atoms with Crippen molar-refractivity contribution >= 4 is 39.8 Å². The Morgan fingerprint density at radius 3 is 2.44 bits per heavy atom. The van der Waals surface area contributed by atoms with Crippen molar-refractivity contribution in [1.29, 1.82) is 5.41 Å². The summed E-state index contributed by atoms with van der Waals surface area (Å²) in [6, 6.07) is 11.5. The SMILES string of the molecule is CCCCCCCC1=NN2C(=N)/C(=C/c3ccc(OCCOCCOc4ccc(C)c(C)c4)c(OCC)c3)C(=O)N=C2S1. The minimum Gasteiger partial charge on any atom is -0.491 e. The summed E-state index contributed by atoms with van der Waals surface area (Å²) >= 11 is 1.38. The van der Waals surface area contributed by atoms with E-state index in [9.17, 15) is 4.79 Å². The van der Waals surface area contributed by atoms with Crippen LogP contribution < -0.4 is 14.2 Å². The lowest BCUT2D eigenvalue weighted by atomic mass is 10.1. The number of fused-ring (bicyclic) bond motifs is 1. The van der Waals surface area contributed by atoms with Gasteiger partial charge in [0.05, 0.1) is 25.4 Å². The molecule has 2 aliphatic heterocycles. The molecule has 0 aliphatic carbocycles.